The summed E-state index contributed by atoms with van der Waals surface area (Å²) in [5.41, 5.74) is 1.89. The van der Waals surface area contributed by atoms with Crippen molar-refractivity contribution in [2.45, 2.75) is 16.2 Å². The van der Waals surface area contributed by atoms with Crippen molar-refractivity contribution in [1.29, 1.82) is 0 Å². The molecule has 5 nitrogen and oxygen atoms in total. The number of hydrogen-bond acceptors (Lipinski definition) is 4. The summed E-state index contributed by atoms with van der Waals surface area (Å²) < 4.78 is 65.2. The third kappa shape index (κ3) is 4.65. The van der Waals surface area contributed by atoms with Gasteiger partial charge in [0.1, 0.15) is 5.69 Å². The van der Waals surface area contributed by atoms with E-state index >= 15 is 0 Å². The average Bonchev–Trinajstić information content (AvgIpc) is 3.20. The summed E-state index contributed by atoms with van der Waals surface area (Å²) in [4.78, 5) is 0.727. The summed E-state index contributed by atoms with van der Waals surface area (Å²) in [7, 11) is -4.61. The molecule has 4 rings (SSSR count). The normalized spacial score (nSPS) is 12.8. The van der Waals surface area contributed by atoms with E-state index in [1.807, 2.05) is 0 Å². The molecule has 1 atom stereocenters. The fourth-order valence-electron chi connectivity index (χ4n) is 3.57. The molecule has 0 saturated carbocycles. The second-order valence-electron chi connectivity index (χ2n) is 7.43. The van der Waals surface area contributed by atoms with Gasteiger partial charge in [0, 0.05) is 39.3 Å². The third-order valence-electron chi connectivity index (χ3n) is 5.15. The standard InChI is InChI=1S/C24H20F2N2O3S2/c1-32(29)19-12-10-18(11-13-19)28-23(17-8-14-20(15-9-17)33(2,30)31)21(22(27-28)24(25)26)16-6-4-3-5-7-16/h3-15,24H,1-2H3. The van der Waals surface area contributed by atoms with E-state index in [9.17, 15) is 21.4 Å². The average molecular weight is 487 g/mol. The van der Waals surface area contributed by atoms with Crippen molar-refractivity contribution < 1.29 is 21.4 Å². The molecule has 0 aliphatic heterocycles. The predicted octanol–water partition coefficient (Wildman–Crippen LogP) is 5.28. The number of halogens is 2. The van der Waals surface area contributed by atoms with E-state index < -0.39 is 27.1 Å². The number of rotatable bonds is 6. The SMILES string of the molecule is CS(=O)c1ccc(-n2nc(C(F)F)c(-c3ccccc3)c2-c2ccc(S(C)(=O)=O)cc2)cc1. The van der Waals surface area contributed by atoms with E-state index in [0.29, 0.717) is 27.4 Å². The molecule has 0 fully saturated rings. The maximum atomic E-state index is 14.1. The zero-order chi connectivity index (χ0) is 23.8. The minimum absolute atomic E-state index is 0.127. The number of alkyl halides is 2. The van der Waals surface area contributed by atoms with Gasteiger partial charge in [0.2, 0.25) is 0 Å². The van der Waals surface area contributed by atoms with Gasteiger partial charge in [-0.15, -0.1) is 0 Å². The molecule has 0 aliphatic rings. The van der Waals surface area contributed by atoms with Gasteiger partial charge in [-0.3, -0.25) is 4.21 Å². The van der Waals surface area contributed by atoms with Crippen molar-refractivity contribution in [3.63, 3.8) is 0 Å². The van der Waals surface area contributed by atoms with Gasteiger partial charge in [-0.05, 0) is 42.0 Å². The maximum absolute atomic E-state index is 14.1. The van der Waals surface area contributed by atoms with Crippen LogP contribution < -0.4 is 0 Å². The van der Waals surface area contributed by atoms with Crippen LogP contribution in [0.2, 0.25) is 0 Å². The molecule has 1 unspecified atom stereocenters. The van der Waals surface area contributed by atoms with E-state index in [0.717, 1.165) is 6.26 Å². The second-order valence-corrected chi connectivity index (χ2v) is 10.8. The zero-order valence-electron chi connectivity index (χ0n) is 17.8. The first-order chi connectivity index (χ1) is 15.7. The first-order valence-electron chi connectivity index (χ1n) is 9.87. The monoisotopic (exact) mass is 486 g/mol. The number of aromatic nitrogens is 2. The molecular formula is C24H20F2N2O3S2. The van der Waals surface area contributed by atoms with E-state index in [-0.39, 0.29) is 16.2 Å². The lowest BCUT2D eigenvalue weighted by Gasteiger charge is -2.12. The highest BCUT2D eigenvalue weighted by atomic mass is 32.2. The van der Waals surface area contributed by atoms with Crippen LogP contribution in [0.5, 0.6) is 0 Å². The van der Waals surface area contributed by atoms with E-state index in [2.05, 4.69) is 5.10 Å². The van der Waals surface area contributed by atoms with Gasteiger partial charge in [0.25, 0.3) is 6.43 Å². The quantitative estimate of drug-likeness (QED) is 0.372. The van der Waals surface area contributed by atoms with Crippen molar-refractivity contribution in [1.82, 2.24) is 9.78 Å². The summed E-state index contributed by atoms with van der Waals surface area (Å²) in [6.07, 6.45) is -0.173. The largest absolute Gasteiger partial charge is 0.282 e. The second kappa shape index (κ2) is 8.99. The zero-order valence-corrected chi connectivity index (χ0v) is 19.4. The van der Waals surface area contributed by atoms with Gasteiger partial charge in [0.15, 0.2) is 9.84 Å². The Balaban J connectivity index is 2.01. The topological polar surface area (TPSA) is 69.0 Å². The first kappa shape index (κ1) is 23.0. The van der Waals surface area contributed by atoms with Gasteiger partial charge < -0.3 is 0 Å². The molecule has 0 bridgehead atoms. The number of benzene rings is 3. The van der Waals surface area contributed by atoms with Crippen LogP contribution in [0.1, 0.15) is 12.1 Å². The fraction of sp³-hybridized carbons (Fsp3) is 0.125. The molecule has 0 N–H and O–H groups in total. The van der Waals surface area contributed by atoms with Gasteiger partial charge in [0.05, 0.1) is 16.3 Å². The number of nitrogens with zero attached hydrogens (tertiary/aromatic N) is 2. The lowest BCUT2D eigenvalue weighted by Crippen LogP contribution is -2.01. The lowest BCUT2D eigenvalue weighted by molar-refractivity contribution is 0.146. The Bertz CT molecular complexity index is 1420. The van der Waals surface area contributed by atoms with Crippen LogP contribution in [0, 0.1) is 0 Å². The molecule has 0 amide bonds. The molecule has 1 heterocycles. The van der Waals surface area contributed by atoms with Crippen LogP contribution in [0.25, 0.3) is 28.1 Å². The minimum Gasteiger partial charge on any atom is -0.255 e. The van der Waals surface area contributed by atoms with Gasteiger partial charge in [-0.2, -0.15) is 5.10 Å². The predicted molar refractivity (Wildman–Crippen MR) is 125 cm³/mol. The summed E-state index contributed by atoms with van der Waals surface area (Å²) >= 11 is 0. The van der Waals surface area contributed by atoms with Crippen molar-refractivity contribution in [2.75, 3.05) is 12.5 Å². The lowest BCUT2D eigenvalue weighted by atomic mass is 9.98. The Morgan fingerprint density at radius 3 is 2.00 bits per heavy atom. The molecule has 33 heavy (non-hydrogen) atoms. The van der Waals surface area contributed by atoms with Crippen molar-refractivity contribution in [3.8, 4) is 28.1 Å². The molecule has 1 aromatic heterocycles. The highest BCUT2D eigenvalue weighted by Gasteiger charge is 2.27. The summed E-state index contributed by atoms with van der Waals surface area (Å²) in [5.74, 6) is 0. The molecule has 4 aromatic rings. The number of hydrogen-bond donors (Lipinski definition) is 0. The summed E-state index contributed by atoms with van der Waals surface area (Å²) in [5, 5.41) is 4.25. The third-order valence-corrected chi connectivity index (χ3v) is 7.22. The molecule has 0 saturated heterocycles. The Morgan fingerprint density at radius 2 is 1.48 bits per heavy atom. The van der Waals surface area contributed by atoms with Crippen LogP contribution in [-0.4, -0.2) is 34.9 Å². The molecule has 0 spiro atoms. The Kier molecular flexibility index (Phi) is 6.27. The number of sulfone groups is 1. The summed E-state index contributed by atoms with van der Waals surface area (Å²) in [6.45, 7) is 0. The summed E-state index contributed by atoms with van der Waals surface area (Å²) in [6, 6.07) is 21.5. The van der Waals surface area contributed by atoms with Crippen molar-refractivity contribution in [3.05, 3.63) is 84.6 Å². The Morgan fingerprint density at radius 1 is 0.879 bits per heavy atom. The van der Waals surface area contributed by atoms with E-state index in [4.69, 9.17) is 0 Å². The van der Waals surface area contributed by atoms with Crippen molar-refractivity contribution >= 4 is 20.6 Å². The van der Waals surface area contributed by atoms with Crippen LogP contribution >= 0.6 is 0 Å². The highest BCUT2D eigenvalue weighted by Crippen LogP contribution is 2.40. The molecular weight excluding hydrogens is 466 g/mol. The van der Waals surface area contributed by atoms with Crippen LogP contribution in [-0.2, 0) is 20.6 Å². The smallest absolute Gasteiger partial charge is 0.255 e. The first-order valence-corrected chi connectivity index (χ1v) is 13.3. The minimum atomic E-state index is -3.42. The van der Waals surface area contributed by atoms with E-state index in [1.165, 1.54) is 16.8 Å². The Hall–Kier alpha value is -3.17. The van der Waals surface area contributed by atoms with Crippen LogP contribution in [0.4, 0.5) is 8.78 Å². The van der Waals surface area contributed by atoms with Crippen LogP contribution in [0.3, 0.4) is 0 Å². The van der Waals surface area contributed by atoms with Gasteiger partial charge >= 0.3 is 0 Å². The molecule has 9 heteroatoms. The molecule has 170 valence electrons. The van der Waals surface area contributed by atoms with Crippen LogP contribution in [0.15, 0.2) is 88.7 Å². The molecule has 3 aromatic carbocycles. The maximum Gasteiger partial charge on any atom is 0.282 e. The highest BCUT2D eigenvalue weighted by molar-refractivity contribution is 7.90. The van der Waals surface area contributed by atoms with Gasteiger partial charge in [-0.25, -0.2) is 21.9 Å². The van der Waals surface area contributed by atoms with Gasteiger partial charge in [-0.1, -0.05) is 42.5 Å². The molecule has 0 aliphatic carbocycles. The van der Waals surface area contributed by atoms with Crippen molar-refractivity contribution in [2.24, 2.45) is 0 Å². The molecule has 0 radical (unpaired) electrons. The fourth-order valence-corrected chi connectivity index (χ4v) is 4.72. The van der Waals surface area contributed by atoms with E-state index in [1.54, 1.807) is 73.0 Å². The Labute approximate surface area is 193 Å².